The van der Waals surface area contributed by atoms with E-state index >= 15 is 0 Å². The Hall–Kier alpha value is -2.56. The predicted octanol–water partition coefficient (Wildman–Crippen LogP) is 3.01. The molecule has 19 heavy (non-hydrogen) atoms. The van der Waals surface area contributed by atoms with Gasteiger partial charge in [-0.3, -0.25) is 0 Å². The second-order valence-corrected chi connectivity index (χ2v) is 4.23. The number of aromatic carboxylic acids is 1. The number of fused-ring (bicyclic) bond motifs is 1. The highest BCUT2D eigenvalue weighted by molar-refractivity contribution is 5.96. The molecule has 0 aliphatic heterocycles. The summed E-state index contributed by atoms with van der Waals surface area (Å²) < 4.78 is 7.22. The van der Waals surface area contributed by atoms with Crippen molar-refractivity contribution in [1.29, 1.82) is 0 Å². The minimum atomic E-state index is -1.09. The van der Waals surface area contributed by atoms with E-state index in [9.17, 15) is 4.79 Å². The molecule has 0 fully saturated rings. The number of hydrogen-bond acceptors (Lipinski definition) is 3. The first-order valence-electron chi connectivity index (χ1n) is 5.99. The Morgan fingerprint density at radius 3 is 2.89 bits per heavy atom. The lowest BCUT2D eigenvalue weighted by Crippen LogP contribution is -1.94. The van der Waals surface area contributed by atoms with Crippen LogP contribution in [0.5, 0.6) is 0 Å². The largest absolute Gasteiger partial charge is 0.476 e. The molecule has 0 bridgehead atoms. The molecule has 3 rings (SSSR count). The number of benzene rings is 1. The van der Waals surface area contributed by atoms with Gasteiger partial charge in [0, 0.05) is 35.3 Å². The fourth-order valence-electron chi connectivity index (χ4n) is 2.21. The number of carbonyl (C=O) groups is 1. The van der Waals surface area contributed by atoms with Crippen LogP contribution in [0.4, 0.5) is 0 Å². The van der Waals surface area contributed by atoms with Gasteiger partial charge in [0.2, 0.25) is 0 Å². The molecule has 0 unspecified atom stereocenters. The van der Waals surface area contributed by atoms with Gasteiger partial charge in [-0.25, -0.2) is 4.79 Å². The van der Waals surface area contributed by atoms with Gasteiger partial charge in [-0.05, 0) is 13.0 Å². The van der Waals surface area contributed by atoms with Crippen molar-refractivity contribution in [2.45, 2.75) is 13.5 Å². The van der Waals surface area contributed by atoms with Gasteiger partial charge >= 0.3 is 5.97 Å². The molecule has 5 nitrogen and oxygen atoms in total. The van der Waals surface area contributed by atoms with Crippen molar-refractivity contribution < 1.29 is 14.4 Å². The van der Waals surface area contributed by atoms with E-state index in [0.29, 0.717) is 5.76 Å². The number of aryl methyl sites for hydroxylation is 1. The second-order valence-electron chi connectivity index (χ2n) is 4.23. The zero-order chi connectivity index (χ0) is 13.4. The molecule has 0 radical (unpaired) electrons. The van der Waals surface area contributed by atoms with Gasteiger partial charge in [-0.15, -0.1) is 0 Å². The second kappa shape index (κ2) is 4.28. The van der Waals surface area contributed by atoms with Crippen LogP contribution in [-0.4, -0.2) is 20.8 Å². The van der Waals surface area contributed by atoms with Crippen molar-refractivity contribution in [2.24, 2.45) is 0 Å². The van der Waals surface area contributed by atoms with Crippen molar-refractivity contribution in [3.8, 4) is 11.3 Å². The highest BCUT2D eigenvalue weighted by Crippen LogP contribution is 2.31. The SMILES string of the molecule is CCn1cc(-c2cc(C(=O)O)no2)c2ccccc21. The van der Waals surface area contributed by atoms with Gasteiger partial charge in [0.05, 0.1) is 0 Å². The Morgan fingerprint density at radius 2 is 2.21 bits per heavy atom. The first-order valence-corrected chi connectivity index (χ1v) is 5.99. The Bertz CT molecular complexity index is 755. The molecular weight excluding hydrogens is 244 g/mol. The summed E-state index contributed by atoms with van der Waals surface area (Å²) in [5.41, 5.74) is 1.87. The summed E-state index contributed by atoms with van der Waals surface area (Å²) in [5.74, 6) is -0.616. The van der Waals surface area contributed by atoms with E-state index in [1.165, 1.54) is 6.07 Å². The van der Waals surface area contributed by atoms with Gasteiger partial charge in [0.1, 0.15) is 0 Å². The quantitative estimate of drug-likeness (QED) is 0.782. The van der Waals surface area contributed by atoms with Crippen LogP contribution in [-0.2, 0) is 6.54 Å². The van der Waals surface area contributed by atoms with Crippen molar-refractivity contribution in [1.82, 2.24) is 9.72 Å². The van der Waals surface area contributed by atoms with Crippen LogP contribution in [0.2, 0.25) is 0 Å². The fraction of sp³-hybridized carbons (Fsp3) is 0.143. The Morgan fingerprint density at radius 1 is 1.42 bits per heavy atom. The molecule has 5 heteroatoms. The summed E-state index contributed by atoms with van der Waals surface area (Å²) >= 11 is 0. The van der Waals surface area contributed by atoms with Crippen LogP contribution in [0.25, 0.3) is 22.2 Å². The van der Waals surface area contributed by atoms with Crippen LogP contribution in [0.1, 0.15) is 17.4 Å². The molecule has 1 aromatic carbocycles. The topological polar surface area (TPSA) is 68.3 Å². The van der Waals surface area contributed by atoms with Gasteiger partial charge < -0.3 is 14.2 Å². The van der Waals surface area contributed by atoms with E-state index < -0.39 is 5.97 Å². The number of rotatable bonds is 3. The third-order valence-corrected chi connectivity index (χ3v) is 3.12. The summed E-state index contributed by atoms with van der Waals surface area (Å²) in [5, 5.41) is 13.5. The van der Waals surface area contributed by atoms with Crippen LogP contribution in [0, 0.1) is 0 Å². The van der Waals surface area contributed by atoms with Crippen molar-refractivity contribution in [3.05, 3.63) is 42.2 Å². The number of carboxylic acids is 1. The molecule has 2 heterocycles. The maximum absolute atomic E-state index is 10.8. The van der Waals surface area contributed by atoms with E-state index in [0.717, 1.165) is 23.0 Å². The molecule has 0 aliphatic rings. The third kappa shape index (κ3) is 1.79. The predicted molar refractivity (Wildman–Crippen MR) is 70.1 cm³/mol. The number of aromatic nitrogens is 2. The standard InChI is InChI=1S/C14H12N2O3/c1-2-16-8-10(9-5-3-4-6-12(9)16)13-7-11(14(17)18)15-19-13/h3-8H,2H2,1H3,(H,17,18). The molecule has 2 aromatic heterocycles. The first-order chi connectivity index (χ1) is 9.20. The smallest absolute Gasteiger partial charge is 0.358 e. The van der Waals surface area contributed by atoms with Crippen LogP contribution >= 0.6 is 0 Å². The van der Waals surface area contributed by atoms with Gasteiger partial charge in [-0.2, -0.15) is 0 Å². The lowest BCUT2D eigenvalue weighted by atomic mass is 10.1. The minimum Gasteiger partial charge on any atom is -0.476 e. The highest BCUT2D eigenvalue weighted by Gasteiger charge is 2.16. The van der Waals surface area contributed by atoms with Crippen molar-refractivity contribution >= 4 is 16.9 Å². The zero-order valence-electron chi connectivity index (χ0n) is 10.3. The molecule has 3 aromatic rings. The average Bonchev–Trinajstić information content (AvgIpc) is 3.03. The number of carboxylic acid groups (broad SMARTS) is 1. The molecule has 0 spiro atoms. The van der Waals surface area contributed by atoms with Crippen molar-refractivity contribution in [3.63, 3.8) is 0 Å². The Balaban J connectivity index is 2.21. The van der Waals surface area contributed by atoms with Gasteiger partial charge in [0.15, 0.2) is 11.5 Å². The van der Waals surface area contributed by atoms with Gasteiger partial charge in [-0.1, -0.05) is 23.4 Å². The lowest BCUT2D eigenvalue weighted by molar-refractivity contribution is 0.0686. The van der Waals surface area contributed by atoms with Crippen LogP contribution in [0.15, 0.2) is 41.1 Å². The monoisotopic (exact) mass is 256 g/mol. The maximum atomic E-state index is 10.8. The summed E-state index contributed by atoms with van der Waals surface area (Å²) in [6.45, 7) is 2.89. The lowest BCUT2D eigenvalue weighted by Gasteiger charge is -1.97. The van der Waals surface area contributed by atoms with E-state index in [1.54, 1.807) is 0 Å². The van der Waals surface area contributed by atoms with E-state index in [-0.39, 0.29) is 5.69 Å². The molecule has 0 amide bonds. The molecule has 1 N–H and O–H groups in total. The molecule has 0 saturated carbocycles. The first kappa shape index (κ1) is 11.5. The fourth-order valence-corrected chi connectivity index (χ4v) is 2.21. The normalized spacial score (nSPS) is 11.0. The number of para-hydroxylation sites is 1. The van der Waals surface area contributed by atoms with Crippen molar-refractivity contribution in [2.75, 3.05) is 0 Å². The Labute approximate surface area is 109 Å². The highest BCUT2D eigenvalue weighted by atomic mass is 16.5. The Kier molecular flexibility index (Phi) is 2.59. The molecule has 0 aliphatic carbocycles. The van der Waals surface area contributed by atoms with E-state index in [4.69, 9.17) is 9.63 Å². The van der Waals surface area contributed by atoms with Crippen LogP contribution < -0.4 is 0 Å². The zero-order valence-corrected chi connectivity index (χ0v) is 10.3. The third-order valence-electron chi connectivity index (χ3n) is 3.12. The summed E-state index contributed by atoms with van der Waals surface area (Å²) in [6, 6.07) is 9.38. The average molecular weight is 256 g/mol. The number of hydrogen-bond donors (Lipinski definition) is 1. The molecule has 0 saturated heterocycles. The van der Waals surface area contributed by atoms with E-state index in [1.807, 2.05) is 30.5 Å². The van der Waals surface area contributed by atoms with Gasteiger partial charge in [0.25, 0.3) is 0 Å². The summed E-state index contributed by atoms with van der Waals surface area (Å²) in [6.07, 6.45) is 1.96. The molecular formula is C14H12N2O3. The molecule has 0 atom stereocenters. The number of nitrogens with zero attached hydrogens (tertiary/aromatic N) is 2. The maximum Gasteiger partial charge on any atom is 0.358 e. The summed E-state index contributed by atoms with van der Waals surface area (Å²) in [7, 11) is 0. The van der Waals surface area contributed by atoms with Crippen LogP contribution in [0.3, 0.4) is 0 Å². The van der Waals surface area contributed by atoms with E-state index in [2.05, 4.69) is 16.6 Å². The molecule has 96 valence electrons. The minimum absolute atomic E-state index is 0.0803. The summed E-state index contributed by atoms with van der Waals surface area (Å²) in [4.78, 5) is 10.8.